The fourth-order valence-electron chi connectivity index (χ4n) is 2.28. The number of hydrogen-bond donors (Lipinski definition) is 2. The van der Waals surface area contributed by atoms with Crippen molar-refractivity contribution in [2.24, 2.45) is 5.73 Å². The summed E-state index contributed by atoms with van der Waals surface area (Å²) in [5.74, 6) is -0.0873. The van der Waals surface area contributed by atoms with Crippen LogP contribution < -0.4 is 11.1 Å². The topological polar surface area (TPSA) is 72.2 Å². The van der Waals surface area contributed by atoms with Crippen LogP contribution in [-0.4, -0.2) is 23.3 Å². The molecule has 0 spiro atoms. The number of aryl methyl sites for hydroxylation is 1. The van der Waals surface area contributed by atoms with Gasteiger partial charge in [-0.3, -0.25) is 9.59 Å². The number of benzene rings is 1. The van der Waals surface area contributed by atoms with Gasteiger partial charge in [-0.2, -0.15) is 0 Å². The van der Waals surface area contributed by atoms with Crippen LogP contribution in [0.4, 0.5) is 0 Å². The molecule has 122 valence electrons. The molecule has 6 heteroatoms. The molecule has 0 aliphatic rings. The van der Waals surface area contributed by atoms with Gasteiger partial charge in [0.15, 0.2) is 0 Å². The Bertz CT molecular complexity index is 656. The average Bonchev–Trinajstić information content (AvgIpc) is 2.93. The standard InChI is InChI=1S/C17H20N2O2S2/c1-12-7-8-23-17(12)14(9-13-5-3-2-4-6-13)19-16(21)11-22-10-15(18)20/h2-8,14H,9-11H2,1H3,(H2,18,20)(H,19,21). The molecule has 4 nitrogen and oxygen atoms in total. The van der Waals surface area contributed by atoms with Crippen molar-refractivity contribution >= 4 is 34.9 Å². The molecule has 0 saturated carbocycles. The van der Waals surface area contributed by atoms with Crippen LogP contribution in [0, 0.1) is 6.92 Å². The Morgan fingerprint density at radius 3 is 2.57 bits per heavy atom. The van der Waals surface area contributed by atoms with E-state index in [9.17, 15) is 9.59 Å². The van der Waals surface area contributed by atoms with Crippen molar-refractivity contribution < 1.29 is 9.59 Å². The second kappa shape index (κ2) is 8.74. The van der Waals surface area contributed by atoms with E-state index in [0.717, 1.165) is 6.42 Å². The van der Waals surface area contributed by atoms with Crippen molar-refractivity contribution in [1.82, 2.24) is 5.32 Å². The summed E-state index contributed by atoms with van der Waals surface area (Å²) in [6.07, 6.45) is 0.744. The first-order valence-corrected chi connectivity index (χ1v) is 9.33. The second-order valence-corrected chi connectivity index (χ2v) is 7.17. The third kappa shape index (κ3) is 5.73. The van der Waals surface area contributed by atoms with Gasteiger partial charge in [0.2, 0.25) is 11.8 Å². The molecule has 0 aliphatic heterocycles. The lowest BCUT2D eigenvalue weighted by Gasteiger charge is -2.19. The Morgan fingerprint density at radius 2 is 1.96 bits per heavy atom. The van der Waals surface area contributed by atoms with E-state index in [1.807, 2.05) is 23.6 Å². The van der Waals surface area contributed by atoms with E-state index in [1.165, 1.54) is 27.8 Å². The molecule has 1 heterocycles. The molecular formula is C17H20N2O2S2. The minimum absolute atomic E-state index is 0.0564. The zero-order valence-electron chi connectivity index (χ0n) is 13.0. The maximum Gasteiger partial charge on any atom is 0.230 e. The molecule has 0 radical (unpaired) electrons. The van der Waals surface area contributed by atoms with Gasteiger partial charge in [0, 0.05) is 4.88 Å². The molecule has 0 aliphatic carbocycles. The number of thioether (sulfide) groups is 1. The molecule has 1 unspecified atom stereocenters. The van der Waals surface area contributed by atoms with Crippen LogP contribution >= 0.6 is 23.1 Å². The lowest BCUT2D eigenvalue weighted by molar-refractivity contribution is -0.119. The van der Waals surface area contributed by atoms with E-state index in [4.69, 9.17) is 5.73 Å². The second-order valence-electron chi connectivity index (χ2n) is 5.24. The van der Waals surface area contributed by atoms with Crippen molar-refractivity contribution in [2.45, 2.75) is 19.4 Å². The van der Waals surface area contributed by atoms with Gasteiger partial charge >= 0.3 is 0 Å². The summed E-state index contributed by atoms with van der Waals surface area (Å²) in [4.78, 5) is 24.1. The molecule has 1 atom stereocenters. The van der Waals surface area contributed by atoms with E-state index in [0.29, 0.717) is 0 Å². The molecule has 2 aromatic rings. The number of rotatable bonds is 8. The Labute approximate surface area is 144 Å². The van der Waals surface area contributed by atoms with Crippen LogP contribution in [0.1, 0.15) is 22.0 Å². The average molecular weight is 348 g/mol. The van der Waals surface area contributed by atoms with E-state index in [2.05, 4.69) is 30.4 Å². The number of amides is 2. The van der Waals surface area contributed by atoms with Crippen LogP contribution in [0.15, 0.2) is 41.8 Å². The molecule has 3 N–H and O–H groups in total. The van der Waals surface area contributed by atoms with Gasteiger partial charge in [-0.05, 0) is 35.9 Å². The normalized spacial score (nSPS) is 11.9. The highest BCUT2D eigenvalue weighted by atomic mass is 32.2. The summed E-state index contributed by atoms with van der Waals surface area (Å²) in [6, 6.07) is 12.1. The number of carbonyl (C=O) groups is 2. The maximum atomic E-state index is 12.2. The highest BCUT2D eigenvalue weighted by molar-refractivity contribution is 8.00. The number of carbonyl (C=O) groups excluding carboxylic acids is 2. The molecule has 0 fully saturated rings. The van der Waals surface area contributed by atoms with Crippen molar-refractivity contribution in [3.8, 4) is 0 Å². The number of primary amides is 1. The molecule has 23 heavy (non-hydrogen) atoms. The molecule has 2 rings (SSSR count). The van der Waals surface area contributed by atoms with Crippen molar-refractivity contribution in [3.63, 3.8) is 0 Å². The summed E-state index contributed by atoms with van der Waals surface area (Å²) in [5, 5.41) is 5.12. The van der Waals surface area contributed by atoms with Crippen LogP contribution in [0.25, 0.3) is 0 Å². The monoisotopic (exact) mass is 348 g/mol. The van der Waals surface area contributed by atoms with Crippen molar-refractivity contribution in [2.75, 3.05) is 11.5 Å². The first-order chi connectivity index (χ1) is 11.1. The Balaban J connectivity index is 2.04. The van der Waals surface area contributed by atoms with Gasteiger partial charge in [-0.1, -0.05) is 30.3 Å². The zero-order chi connectivity index (χ0) is 16.7. The predicted octanol–water partition coefficient (Wildman–Crippen LogP) is 2.68. The van der Waals surface area contributed by atoms with Gasteiger partial charge < -0.3 is 11.1 Å². The molecule has 1 aromatic carbocycles. The van der Waals surface area contributed by atoms with Crippen LogP contribution in [0.2, 0.25) is 0 Å². The lowest BCUT2D eigenvalue weighted by atomic mass is 10.0. The minimum atomic E-state index is -0.405. The quantitative estimate of drug-likeness (QED) is 0.770. The molecule has 0 bridgehead atoms. The Hall–Kier alpha value is -1.79. The third-order valence-corrected chi connectivity index (χ3v) is 5.40. The van der Waals surface area contributed by atoms with Gasteiger partial charge in [-0.25, -0.2) is 0 Å². The van der Waals surface area contributed by atoms with E-state index < -0.39 is 5.91 Å². The number of nitrogens with two attached hydrogens (primary N) is 1. The number of thiophene rings is 1. The van der Waals surface area contributed by atoms with Crippen molar-refractivity contribution in [3.05, 3.63) is 57.8 Å². The van der Waals surface area contributed by atoms with E-state index >= 15 is 0 Å². The Morgan fingerprint density at radius 1 is 1.22 bits per heavy atom. The molecule has 2 amide bonds. The maximum absolute atomic E-state index is 12.2. The number of hydrogen-bond acceptors (Lipinski definition) is 4. The van der Waals surface area contributed by atoms with Gasteiger partial charge in [0.1, 0.15) is 0 Å². The number of nitrogens with one attached hydrogen (secondary N) is 1. The fraction of sp³-hybridized carbons (Fsp3) is 0.294. The summed E-state index contributed by atoms with van der Waals surface area (Å²) < 4.78 is 0. The van der Waals surface area contributed by atoms with Crippen LogP contribution in [0.3, 0.4) is 0 Å². The van der Waals surface area contributed by atoms with Gasteiger partial charge in [-0.15, -0.1) is 23.1 Å². The highest BCUT2D eigenvalue weighted by Gasteiger charge is 2.18. The molecule has 0 saturated heterocycles. The third-order valence-electron chi connectivity index (χ3n) is 3.31. The van der Waals surface area contributed by atoms with Crippen LogP contribution in [0.5, 0.6) is 0 Å². The first-order valence-electron chi connectivity index (χ1n) is 7.29. The Kier molecular flexibility index (Phi) is 6.67. The van der Waals surface area contributed by atoms with Crippen LogP contribution in [-0.2, 0) is 16.0 Å². The van der Waals surface area contributed by atoms with Crippen molar-refractivity contribution in [1.29, 1.82) is 0 Å². The molecular weight excluding hydrogens is 328 g/mol. The zero-order valence-corrected chi connectivity index (χ0v) is 14.6. The first kappa shape index (κ1) is 17.6. The van der Waals surface area contributed by atoms with Gasteiger partial charge in [0.25, 0.3) is 0 Å². The summed E-state index contributed by atoms with van der Waals surface area (Å²) in [7, 11) is 0. The SMILES string of the molecule is Cc1ccsc1C(Cc1ccccc1)NC(=O)CSCC(N)=O. The fourth-order valence-corrected chi connectivity index (χ4v) is 3.83. The smallest absolute Gasteiger partial charge is 0.230 e. The summed E-state index contributed by atoms with van der Waals surface area (Å²) in [5.41, 5.74) is 7.45. The van der Waals surface area contributed by atoms with Gasteiger partial charge in [0.05, 0.1) is 17.5 Å². The van der Waals surface area contributed by atoms with E-state index in [1.54, 1.807) is 11.3 Å². The largest absolute Gasteiger partial charge is 0.369 e. The lowest BCUT2D eigenvalue weighted by Crippen LogP contribution is -2.31. The summed E-state index contributed by atoms with van der Waals surface area (Å²) >= 11 is 2.89. The minimum Gasteiger partial charge on any atom is -0.369 e. The summed E-state index contributed by atoms with van der Waals surface area (Å²) in [6.45, 7) is 2.05. The predicted molar refractivity (Wildman–Crippen MR) is 96.6 cm³/mol. The molecule has 1 aromatic heterocycles. The van der Waals surface area contributed by atoms with E-state index in [-0.39, 0.29) is 23.5 Å². The highest BCUT2D eigenvalue weighted by Crippen LogP contribution is 2.27.